The predicted molar refractivity (Wildman–Crippen MR) is 64.7 cm³/mol. The molecule has 84 valence electrons. The summed E-state index contributed by atoms with van der Waals surface area (Å²) in [5, 5.41) is 3.05. The number of anilines is 1. The molecule has 1 aliphatic heterocycles. The quantitative estimate of drug-likeness (QED) is 0.665. The number of carbonyl (C=O) groups excluding carboxylic acids is 2. The standard InChI is InChI=1S/C11H11BrN2O2/c1-13-6-7-2-3-9-8(4-7)5-10(15)14(9)11(12)16/h2-4,13H,5-6H2,1H3. The van der Waals surface area contributed by atoms with E-state index in [0.29, 0.717) is 12.1 Å². The second kappa shape index (κ2) is 4.35. The number of nitrogens with zero attached hydrogens (tertiary/aromatic N) is 1. The third-order valence-corrected chi connectivity index (χ3v) is 2.89. The molecule has 0 unspecified atom stereocenters. The van der Waals surface area contributed by atoms with Crippen molar-refractivity contribution in [1.29, 1.82) is 0 Å². The van der Waals surface area contributed by atoms with Crippen LogP contribution in [0.5, 0.6) is 0 Å². The zero-order chi connectivity index (χ0) is 11.7. The second-order valence-corrected chi connectivity index (χ2v) is 4.33. The maximum atomic E-state index is 11.6. The topological polar surface area (TPSA) is 49.4 Å². The molecular weight excluding hydrogens is 272 g/mol. The van der Waals surface area contributed by atoms with E-state index in [4.69, 9.17) is 0 Å². The lowest BCUT2D eigenvalue weighted by atomic mass is 10.1. The van der Waals surface area contributed by atoms with Crippen LogP contribution in [0.3, 0.4) is 0 Å². The van der Waals surface area contributed by atoms with Gasteiger partial charge in [-0.3, -0.25) is 9.59 Å². The van der Waals surface area contributed by atoms with Gasteiger partial charge < -0.3 is 5.32 Å². The molecule has 1 heterocycles. The van der Waals surface area contributed by atoms with Gasteiger partial charge in [-0.05, 0) is 24.2 Å². The molecule has 5 heteroatoms. The monoisotopic (exact) mass is 282 g/mol. The van der Waals surface area contributed by atoms with Crippen LogP contribution in [-0.2, 0) is 17.8 Å². The van der Waals surface area contributed by atoms with Crippen molar-refractivity contribution in [2.24, 2.45) is 0 Å². The molecule has 0 atom stereocenters. The van der Waals surface area contributed by atoms with E-state index in [2.05, 4.69) is 21.2 Å². The molecule has 2 amide bonds. The van der Waals surface area contributed by atoms with Crippen molar-refractivity contribution in [2.75, 3.05) is 11.9 Å². The molecule has 0 saturated carbocycles. The number of hydrogen-bond donors (Lipinski definition) is 1. The van der Waals surface area contributed by atoms with Crippen LogP contribution in [0.15, 0.2) is 18.2 Å². The number of benzene rings is 1. The number of carbonyl (C=O) groups is 2. The molecule has 1 N–H and O–H groups in total. The van der Waals surface area contributed by atoms with Crippen LogP contribution in [0.25, 0.3) is 0 Å². The van der Waals surface area contributed by atoms with E-state index in [1.807, 2.05) is 25.2 Å². The lowest BCUT2D eigenvalue weighted by Gasteiger charge is -2.11. The van der Waals surface area contributed by atoms with E-state index in [1.165, 1.54) is 4.90 Å². The Bertz CT molecular complexity index is 459. The van der Waals surface area contributed by atoms with E-state index >= 15 is 0 Å². The first-order chi connectivity index (χ1) is 7.63. The molecule has 2 rings (SSSR count). The first-order valence-corrected chi connectivity index (χ1v) is 5.71. The zero-order valence-electron chi connectivity index (χ0n) is 8.79. The normalized spacial score (nSPS) is 14.1. The van der Waals surface area contributed by atoms with E-state index < -0.39 is 4.82 Å². The lowest BCUT2D eigenvalue weighted by Crippen LogP contribution is -2.28. The maximum absolute atomic E-state index is 11.6. The van der Waals surface area contributed by atoms with Crippen LogP contribution >= 0.6 is 15.9 Å². The summed E-state index contributed by atoms with van der Waals surface area (Å²) < 4.78 is 0. The van der Waals surface area contributed by atoms with E-state index in [0.717, 1.165) is 17.7 Å². The first kappa shape index (κ1) is 11.3. The Labute approximate surface area is 102 Å². The van der Waals surface area contributed by atoms with Crippen molar-refractivity contribution in [3.8, 4) is 0 Å². The van der Waals surface area contributed by atoms with E-state index in [9.17, 15) is 9.59 Å². The van der Waals surface area contributed by atoms with Gasteiger partial charge in [-0.25, -0.2) is 4.90 Å². The largest absolute Gasteiger partial charge is 0.316 e. The molecule has 0 saturated heterocycles. The first-order valence-electron chi connectivity index (χ1n) is 4.92. The van der Waals surface area contributed by atoms with Crippen molar-refractivity contribution in [3.63, 3.8) is 0 Å². The highest BCUT2D eigenvalue weighted by atomic mass is 79.9. The average molecular weight is 283 g/mol. The third-order valence-electron chi connectivity index (χ3n) is 2.53. The van der Waals surface area contributed by atoms with Crippen LogP contribution in [0, 0.1) is 0 Å². The molecule has 0 spiro atoms. The van der Waals surface area contributed by atoms with Gasteiger partial charge in [-0.15, -0.1) is 0 Å². The summed E-state index contributed by atoms with van der Waals surface area (Å²) in [5.74, 6) is -0.182. The summed E-state index contributed by atoms with van der Waals surface area (Å²) in [6.07, 6.45) is 0.296. The zero-order valence-corrected chi connectivity index (χ0v) is 10.4. The van der Waals surface area contributed by atoms with Gasteiger partial charge in [0.15, 0.2) is 0 Å². The summed E-state index contributed by atoms with van der Waals surface area (Å²) >= 11 is 2.81. The van der Waals surface area contributed by atoms with Gasteiger partial charge in [-0.2, -0.15) is 0 Å². The minimum absolute atomic E-state index is 0.182. The fourth-order valence-electron chi connectivity index (χ4n) is 1.88. The van der Waals surface area contributed by atoms with Crippen molar-refractivity contribution in [1.82, 2.24) is 5.32 Å². The summed E-state index contributed by atoms with van der Waals surface area (Å²) in [7, 11) is 1.87. The van der Waals surface area contributed by atoms with Gasteiger partial charge in [-0.1, -0.05) is 12.1 Å². The highest BCUT2D eigenvalue weighted by Gasteiger charge is 2.30. The second-order valence-electron chi connectivity index (χ2n) is 3.65. The molecule has 0 aliphatic carbocycles. The smallest absolute Gasteiger partial charge is 0.300 e. The Balaban J connectivity index is 2.38. The minimum atomic E-state index is -0.405. The molecule has 1 aromatic carbocycles. The number of fused-ring (bicyclic) bond motifs is 1. The fraction of sp³-hybridized carbons (Fsp3) is 0.273. The summed E-state index contributed by atoms with van der Waals surface area (Å²) in [6, 6.07) is 5.68. The molecule has 0 radical (unpaired) electrons. The molecule has 16 heavy (non-hydrogen) atoms. The van der Waals surface area contributed by atoms with Crippen LogP contribution in [-0.4, -0.2) is 17.8 Å². The molecule has 0 aromatic heterocycles. The molecular formula is C11H11BrN2O2. The number of nitrogens with one attached hydrogen (secondary N) is 1. The third kappa shape index (κ3) is 1.88. The van der Waals surface area contributed by atoms with Gasteiger partial charge >= 0.3 is 4.82 Å². The van der Waals surface area contributed by atoms with E-state index in [1.54, 1.807) is 0 Å². The van der Waals surface area contributed by atoms with Crippen molar-refractivity contribution >= 4 is 32.3 Å². The Morgan fingerprint density at radius 3 is 2.94 bits per heavy atom. The summed E-state index contributed by atoms with van der Waals surface area (Å²) in [4.78, 5) is 23.6. The number of amides is 2. The molecule has 0 fully saturated rings. The Hall–Kier alpha value is -1.20. The molecule has 4 nitrogen and oxygen atoms in total. The van der Waals surface area contributed by atoms with Crippen LogP contribution in [0.2, 0.25) is 0 Å². The van der Waals surface area contributed by atoms with E-state index in [-0.39, 0.29) is 5.91 Å². The van der Waals surface area contributed by atoms with Gasteiger partial charge in [0.05, 0.1) is 12.1 Å². The number of hydrogen-bond acceptors (Lipinski definition) is 3. The Morgan fingerprint density at radius 2 is 2.31 bits per heavy atom. The number of imide groups is 1. The van der Waals surface area contributed by atoms with Crippen LogP contribution in [0.1, 0.15) is 11.1 Å². The van der Waals surface area contributed by atoms with Gasteiger partial charge in [0, 0.05) is 22.5 Å². The maximum Gasteiger partial charge on any atom is 0.300 e. The Kier molecular flexibility index (Phi) is 3.07. The molecule has 1 aliphatic rings. The van der Waals surface area contributed by atoms with Crippen LogP contribution in [0.4, 0.5) is 10.5 Å². The summed E-state index contributed by atoms with van der Waals surface area (Å²) in [6.45, 7) is 0.754. The van der Waals surface area contributed by atoms with Gasteiger partial charge in [0.25, 0.3) is 0 Å². The van der Waals surface area contributed by atoms with Gasteiger partial charge in [0.2, 0.25) is 5.91 Å². The van der Waals surface area contributed by atoms with Crippen molar-refractivity contribution in [3.05, 3.63) is 29.3 Å². The van der Waals surface area contributed by atoms with Crippen LogP contribution < -0.4 is 10.2 Å². The van der Waals surface area contributed by atoms with Gasteiger partial charge in [0.1, 0.15) is 0 Å². The summed E-state index contributed by atoms with van der Waals surface area (Å²) in [5.41, 5.74) is 2.70. The van der Waals surface area contributed by atoms with Crippen molar-refractivity contribution < 1.29 is 9.59 Å². The lowest BCUT2D eigenvalue weighted by molar-refractivity contribution is -0.116. The highest BCUT2D eigenvalue weighted by Crippen LogP contribution is 2.31. The number of halogens is 1. The SMILES string of the molecule is CNCc1ccc2c(c1)CC(=O)N2C(=O)Br. The van der Waals surface area contributed by atoms with Crippen molar-refractivity contribution in [2.45, 2.75) is 13.0 Å². The average Bonchev–Trinajstić information content (AvgIpc) is 2.53. The minimum Gasteiger partial charge on any atom is -0.316 e. The Morgan fingerprint density at radius 1 is 1.56 bits per heavy atom. The highest BCUT2D eigenvalue weighted by molar-refractivity contribution is 9.18. The fourth-order valence-corrected chi connectivity index (χ4v) is 2.27. The molecule has 0 bridgehead atoms. The predicted octanol–water partition coefficient (Wildman–Crippen LogP) is 1.81. The molecule has 1 aromatic rings. The number of rotatable bonds is 2.